The van der Waals surface area contributed by atoms with Gasteiger partial charge in [-0.3, -0.25) is 14.4 Å². The number of hydrogen-bond acceptors (Lipinski definition) is 6. The summed E-state index contributed by atoms with van der Waals surface area (Å²) in [6.45, 7) is -0.266. The van der Waals surface area contributed by atoms with Crippen LogP contribution < -0.4 is 20.1 Å². The van der Waals surface area contributed by atoms with E-state index in [9.17, 15) is 14.4 Å². The second-order valence-electron chi connectivity index (χ2n) is 6.14. The highest BCUT2D eigenvalue weighted by atomic mass is 35.5. The van der Waals surface area contributed by atoms with Gasteiger partial charge in [0.1, 0.15) is 6.54 Å². The van der Waals surface area contributed by atoms with Crippen LogP contribution in [0.25, 0.3) is 0 Å². The monoisotopic (exact) mass is 418 g/mol. The number of benzene rings is 2. The average molecular weight is 419 g/mol. The van der Waals surface area contributed by atoms with Crippen molar-refractivity contribution < 1.29 is 28.6 Å². The Kier molecular flexibility index (Phi) is 6.91. The zero-order valence-electron chi connectivity index (χ0n) is 15.4. The topological polar surface area (TPSA) is 103 Å². The Labute approximate surface area is 172 Å². The van der Waals surface area contributed by atoms with Crippen molar-refractivity contribution in [2.24, 2.45) is 0 Å². The van der Waals surface area contributed by atoms with Gasteiger partial charge in [-0.25, -0.2) is 0 Å². The Hall–Kier alpha value is -3.26. The third kappa shape index (κ3) is 6.11. The Balaban J connectivity index is 1.32. The molecular weight excluding hydrogens is 400 g/mol. The molecule has 1 heterocycles. The predicted octanol–water partition coefficient (Wildman–Crippen LogP) is 1.70. The molecule has 0 aromatic heterocycles. The Bertz CT molecular complexity index is 900. The molecule has 1 aliphatic rings. The summed E-state index contributed by atoms with van der Waals surface area (Å²) in [5.41, 5.74) is 1.35. The van der Waals surface area contributed by atoms with Crippen LogP contribution in [0, 0.1) is 0 Å². The molecule has 8 nitrogen and oxygen atoms in total. The lowest BCUT2D eigenvalue weighted by atomic mass is 10.1. The number of esters is 1. The van der Waals surface area contributed by atoms with Gasteiger partial charge in [0.15, 0.2) is 18.1 Å². The molecule has 1 aliphatic heterocycles. The summed E-state index contributed by atoms with van der Waals surface area (Å²) in [6.07, 6.45) is 0.627. The van der Waals surface area contributed by atoms with Gasteiger partial charge in [0, 0.05) is 17.1 Å². The van der Waals surface area contributed by atoms with Crippen molar-refractivity contribution in [3.63, 3.8) is 0 Å². The van der Waals surface area contributed by atoms with E-state index in [2.05, 4.69) is 10.6 Å². The summed E-state index contributed by atoms with van der Waals surface area (Å²) in [5.74, 6) is -0.576. The van der Waals surface area contributed by atoms with Crippen molar-refractivity contribution >= 4 is 29.4 Å². The second-order valence-corrected chi connectivity index (χ2v) is 6.57. The highest BCUT2D eigenvalue weighted by Crippen LogP contribution is 2.32. The van der Waals surface area contributed by atoms with Crippen LogP contribution in [-0.4, -0.2) is 44.3 Å². The van der Waals surface area contributed by atoms with Gasteiger partial charge in [-0.2, -0.15) is 0 Å². The highest BCUT2D eigenvalue weighted by Gasteiger charge is 2.17. The van der Waals surface area contributed by atoms with E-state index in [0.29, 0.717) is 35.1 Å². The van der Waals surface area contributed by atoms with Crippen molar-refractivity contribution in [3.8, 4) is 11.5 Å². The first-order valence-corrected chi connectivity index (χ1v) is 9.23. The summed E-state index contributed by atoms with van der Waals surface area (Å²) in [5, 5.41) is 5.73. The number of amides is 2. The van der Waals surface area contributed by atoms with E-state index in [1.54, 1.807) is 24.3 Å². The van der Waals surface area contributed by atoms with Crippen LogP contribution in [0.1, 0.15) is 15.9 Å². The maximum atomic E-state index is 12.1. The molecule has 0 saturated carbocycles. The molecular formula is C20H19ClN2O6. The molecule has 2 amide bonds. The van der Waals surface area contributed by atoms with E-state index in [1.807, 2.05) is 12.1 Å². The van der Waals surface area contributed by atoms with Gasteiger partial charge in [0.2, 0.25) is 6.79 Å². The lowest BCUT2D eigenvalue weighted by Crippen LogP contribution is -2.34. The predicted molar refractivity (Wildman–Crippen MR) is 104 cm³/mol. The molecule has 0 spiro atoms. The molecule has 3 rings (SSSR count). The van der Waals surface area contributed by atoms with Gasteiger partial charge in [0.25, 0.3) is 11.8 Å². The number of ether oxygens (including phenoxy) is 3. The smallest absolute Gasteiger partial charge is 0.325 e. The van der Waals surface area contributed by atoms with Crippen LogP contribution in [0.3, 0.4) is 0 Å². The Morgan fingerprint density at radius 3 is 2.55 bits per heavy atom. The molecule has 0 bridgehead atoms. The van der Waals surface area contributed by atoms with E-state index in [0.717, 1.165) is 5.56 Å². The first-order chi connectivity index (χ1) is 14.0. The fourth-order valence-electron chi connectivity index (χ4n) is 2.54. The van der Waals surface area contributed by atoms with Gasteiger partial charge in [0.05, 0.1) is 0 Å². The number of carbonyl (C=O) groups excluding carboxylic acids is 3. The molecule has 9 heteroatoms. The minimum atomic E-state index is -0.716. The van der Waals surface area contributed by atoms with E-state index in [-0.39, 0.29) is 13.3 Å². The molecule has 2 aromatic carbocycles. The maximum Gasteiger partial charge on any atom is 0.325 e. The minimum Gasteiger partial charge on any atom is -0.454 e. The number of fused-ring (bicyclic) bond motifs is 1. The first kappa shape index (κ1) is 20.5. The van der Waals surface area contributed by atoms with Crippen LogP contribution in [0.2, 0.25) is 5.02 Å². The van der Waals surface area contributed by atoms with Gasteiger partial charge < -0.3 is 24.8 Å². The molecule has 29 heavy (non-hydrogen) atoms. The lowest BCUT2D eigenvalue weighted by molar-refractivity contribution is -0.147. The SMILES string of the molecule is O=C(COC(=O)CNC(=O)c1ccc2c(c1)OCO2)NCCc1ccc(Cl)cc1. The molecule has 0 saturated heterocycles. The number of nitrogens with one attached hydrogen (secondary N) is 2. The molecule has 2 N–H and O–H groups in total. The molecule has 0 radical (unpaired) electrons. The number of hydrogen-bond donors (Lipinski definition) is 2. The van der Waals surface area contributed by atoms with Gasteiger partial charge in [-0.15, -0.1) is 0 Å². The zero-order chi connectivity index (χ0) is 20.6. The van der Waals surface area contributed by atoms with Gasteiger partial charge in [-0.1, -0.05) is 23.7 Å². The first-order valence-electron chi connectivity index (χ1n) is 8.86. The fourth-order valence-corrected chi connectivity index (χ4v) is 2.66. The Morgan fingerprint density at radius 2 is 1.76 bits per heavy atom. The molecule has 0 fully saturated rings. The van der Waals surface area contributed by atoms with Crippen LogP contribution >= 0.6 is 11.6 Å². The van der Waals surface area contributed by atoms with Crippen molar-refractivity contribution in [3.05, 3.63) is 58.6 Å². The van der Waals surface area contributed by atoms with Crippen molar-refractivity contribution in [1.82, 2.24) is 10.6 Å². The summed E-state index contributed by atoms with van der Waals surface area (Å²) < 4.78 is 15.2. The quantitative estimate of drug-likeness (QED) is 0.632. The fraction of sp³-hybridized carbons (Fsp3) is 0.250. The zero-order valence-corrected chi connectivity index (χ0v) is 16.2. The number of carbonyl (C=O) groups is 3. The summed E-state index contributed by atoms with van der Waals surface area (Å²) in [7, 11) is 0. The third-order valence-corrected chi connectivity index (χ3v) is 4.29. The molecule has 0 unspecified atom stereocenters. The average Bonchev–Trinajstić information content (AvgIpc) is 3.19. The van der Waals surface area contributed by atoms with Crippen LogP contribution in [-0.2, 0) is 20.7 Å². The largest absolute Gasteiger partial charge is 0.454 e. The van der Waals surface area contributed by atoms with Gasteiger partial charge >= 0.3 is 5.97 Å². The normalized spacial score (nSPS) is 11.6. The second kappa shape index (κ2) is 9.79. The third-order valence-electron chi connectivity index (χ3n) is 4.04. The van der Waals surface area contributed by atoms with Crippen LogP contribution in [0.4, 0.5) is 0 Å². The summed E-state index contributed by atoms with van der Waals surface area (Å²) in [6, 6.07) is 12.0. The Morgan fingerprint density at radius 1 is 1.00 bits per heavy atom. The molecule has 0 aliphatic carbocycles. The van der Waals surface area contributed by atoms with E-state index < -0.39 is 24.4 Å². The van der Waals surface area contributed by atoms with Gasteiger partial charge in [-0.05, 0) is 42.3 Å². The summed E-state index contributed by atoms with van der Waals surface area (Å²) in [4.78, 5) is 35.5. The number of halogens is 1. The van der Waals surface area contributed by atoms with E-state index in [4.69, 9.17) is 25.8 Å². The van der Waals surface area contributed by atoms with Crippen molar-refractivity contribution in [2.75, 3.05) is 26.5 Å². The van der Waals surface area contributed by atoms with Crippen molar-refractivity contribution in [2.45, 2.75) is 6.42 Å². The molecule has 2 aromatic rings. The minimum absolute atomic E-state index is 0.106. The summed E-state index contributed by atoms with van der Waals surface area (Å²) >= 11 is 5.81. The van der Waals surface area contributed by atoms with E-state index in [1.165, 1.54) is 6.07 Å². The standard InChI is InChI=1S/C20H19ClN2O6/c21-15-4-1-13(2-5-15)7-8-22-18(24)11-27-19(25)10-23-20(26)14-3-6-16-17(9-14)29-12-28-16/h1-6,9H,7-8,10-12H2,(H,22,24)(H,23,26). The molecule has 0 atom stereocenters. The highest BCUT2D eigenvalue weighted by molar-refractivity contribution is 6.30. The van der Waals surface area contributed by atoms with E-state index >= 15 is 0 Å². The number of rotatable bonds is 8. The van der Waals surface area contributed by atoms with Crippen molar-refractivity contribution in [1.29, 1.82) is 0 Å². The lowest BCUT2D eigenvalue weighted by Gasteiger charge is -2.08. The van der Waals surface area contributed by atoms with Crippen LogP contribution in [0.5, 0.6) is 11.5 Å². The molecule has 152 valence electrons. The maximum absolute atomic E-state index is 12.1. The van der Waals surface area contributed by atoms with Crippen LogP contribution in [0.15, 0.2) is 42.5 Å².